The number of hydrogen-bond donors (Lipinski definition) is 5. The molecular weight excluding hydrogens is 514 g/mol. The van der Waals surface area contributed by atoms with Crippen LogP contribution < -0.4 is 11.0 Å². The van der Waals surface area contributed by atoms with Crippen LogP contribution in [0.15, 0.2) is 35.7 Å². The molecule has 5 N–H and O–H groups in total. The molecule has 1 unspecified atom stereocenters. The van der Waals surface area contributed by atoms with Gasteiger partial charge in [0.1, 0.15) is 31.5 Å². The molecular formula is C26H37N3O8S. The average Bonchev–Trinajstić information content (AvgIpc) is 3.39. The van der Waals surface area contributed by atoms with Crippen LogP contribution in [0.3, 0.4) is 0 Å². The van der Waals surface area contributed by atoms with Crippen LogP contribution in [0.2, 0.25) is 0 Å². The Morgan fingerprint density at radius 1 is 0.947 bits per heavy atom. The van der Waals surface area contributed by atoms with Gasteiger partial charge < -0.3 is 20.2 Å². The van der Waals surface area contributed by atoms with E-state index >= 15 is 0 Å². The van der Waals surface area contributed by atoms with Crippen molar-refractivity contribution in [3.8, 4) is 0 Å². The topological polar surface area (TPSA) is 158 Å². The van der Waals surface area contributed by atoms with Gasteiger partial charge in [0.2, 0.25) is 5.91 Å². The van der Waals surface area contributed by atoms with Gasteiger partial charge in [0.25, 0.3) is 11.8 Å². The first kappa shape index (κ1) is 31.3. The number of benzene rings is 1. The molecule has 0 spiro atoms. The molecule has 0 aliphatic heterocycles. The van der Waals surface area contributed by atoms with E-state index in [-0.39, 0.29) is 17.9 Å². The summed E-state index contributed by atoms with van der Waals surface area (Å²) < 4.78 is 0. The van der Waals surface area contributed by atoms with Crippen molar-refractivity contribution in [1.29, 1.82) is 0 Å². The molecule has 1 aromatic heterocycles. The predicted molar refractivity (Wildman–Crippen MR) is 141 cm³/mol. The number of nitrogens with one attached hydrogen (secondary N) is 2. The molecule has 210 valence electrons. The molecule has 0 aliphatic carbocycles. The highest BCUT2D eigenvalue weighted by molar-refractivity contribution is 7.10. The molecule has 3 atom stereocenters. The second kappa shape index (κ2) is 16.2. The molecule has 1 heterocycles. The van der Waals surface area contributed by atoms with Crippen molar-refractivity contribution in [2.75, 3.05) is 26.3 Å². The minimum absolute atomic E-state index is 0.110. The molecule has 12 heteroatoms. The van der Waals surface area contributed by atoms with Gasteiger partial charge in [-0.1, -0.05) is 19.9 Å². The summed E-state index contributed by atoms with van der Waals surface area (Å²) in [5.41, 5.74) is 5.63. The molecule has 38 heavy (non-hydrogen) atoms. The van der Waals surface area contributed by atoms with E-state index in [1.807, 2.05) is 25.3 Å². The number of hydrogen-bond acceptors (Lipinski definition) is 9. The first-order chi connectivity index (χ1) is 18.2. The molecule has 0 saturated carbocycles. The standard InChI is InChI=1S/C26H37N3O8S/c1-4-8-29(9-5-2)26(35)19-12-17(3)11-18(13-19)25(34)28-37-16-22(31)24(33)21(30)15-36-27-23(32)14-20-7-6-10-38-20/h6-7,10-13,21-22,24,30-31,33H,4-5,8-9,14-16H2,1-3H3,(H,27,32)(H,28,34)/t21?,22-,24+/m0/s1. The fourth-order valence-electron chi connectivity index (χ4n) is 3.60. The van der Waals surface area contributed by atoms with Gasteiger partial charge >= 0.3 is 0 Å². The molecule has 2 aromatic rings. The van der Waals surface area contributed by atoms with Crippen molar-refractivity contribution < 1.29 is 39.4 Å². The van der Waals surface area contributed by atoms with Crippen molar-refractivity contribution in [1.82, 2.24) is 15.9 Å². The van der Waals surface area contributed by atoms with Crippen LogP contribution in [0.25, 0.3) is 0 Å². The summed E-state index contributed by atoms with van der Waals surface area (Å²) >= 11 is 1.42. The fourth-order valence-corrected chi connectivity index (χ4v) is 4.30. The number of carbonyl (C=O) groups is 3. The van der Waals surface area contributed by atoms with E-state index in [9.17, 15) is 29.7 Å². The molecule has 0 saturated heterocycles. The molecule has 11 nitrogen and oxygen atoms in total. The van der Waals surface area contributed by atoms with Crippen LogP contribution in [-0.2, 0) is 20.9 Å². The zero-order valence-electron chi connectivity index (χ0n) is 21.9. The summed E-state index contributed by atoms with van der Waals surface area (Å²) in [4.78, 5) is 49.8. The summed E-state index contributed by atoms with van der Waals surface area (Å²) in [5, 5.41) is 32.0. The number of aliphatic hydroxyl groups is 3. The van der Waals surface area contributed by atoms with Crippen LogP contribution >= 0.6 is 11.3 Å². The van der Waals surface area contributed by atoms with E-state index in [0.717, 1.165) is 23.3 Å². The predicted octanol–water partition coefficient (Wildman–Crippen LogP) is 1.35. The summed E-state index contributed by atoms with van der Waals surface area (Å²) in [7, 11) is 0. The molecule has 0 fully saturated rings. The molecule has 2 rings (SSSR count). The van der Waals surface area contributed by atoms with Crippen LogP contribution in [-0.4, -0.2) is 82.6 Å². The number of rotatable bonds is 16. The number of thiophene rings is 1. The van der Waals surface area contributed by atoms with Crippen LogP contribution in [0.5, 0.6) is 0 Å². The van der Waals surface area contributed by atoms with E-state index in [1.165, 1.54) is 17.4 Å². The van der Waals surface area contributed by atoms with Gasteiger partial charge in [0.05, 0.1) is 6.42 Å². The zero-order chi connectivity index (χ0) is 28.1. The Balaban J connectivity index is 1.81. The monoisotopic (exact) mass is 551 g/mol. The lowest BCUT2D eigenvalue weighted by molar-refractivity contribution is -0.145. The van der Waals surface area contributed by atoms with Gasteiger partial charge in [-0.25, -0.2) is 11.0 Å². The Morgan fingerprint density at radius 3 is 2.13 bits per heavy atom. The van der Waals surface area contributed by atoms with E-state index < -0.39 is 43.3 Å². The van der Waals surface area contributed by atoms with Gasteiger partial charge in [-0.3, -0.25) is 24.1 Å². The second-order valence-electron chi connectivity index (χ2n) is 8.84. The highest BCUT2D eigenvalue weighted by atomic mass is 32.1. The quantitative estimate of drug-likeness (QED) is 0.196. The summed E-state index contributed by atoms with van der Waals surface area (Å²) in [6.45, 7) is 5.97. The number of amides is 3. The SMILES string of the molecule is CCCN(CCC)C(=O)c1cc(C)cc(C(=O)NOC[C@H](O)[C@H](O)C(O)CONC(=O)Cc2cccs2)c1. The number of nitrogens with zero attached hydrogens (tertiary/aromatic N) is 1. The zero-order valence-corrected chi connectivity index (χ0v) is 22.7. The Bertz CT molecular complexity index is 1030. The van der Waals surface area contributed by atoms with Crippen LogP contribution in [0, 0.1) is 6.92 Å². The van der Waals surface area contributed by atoms with Crippen molar-refractivity contribution in [3.63, 3.8) is 0 Å². The highest BCUT2D eigenvalue weighted by Crippen LogP contribution is 2.14. The molecule has 0 bridgehead atoms. The van der Waals surface area contributed by atoms with E-state index in [0.29, 0.717) is 18.7 Å². The highest BCUT2D eigenvalue weighted by Gasteiger charge is 2.26. The minimum atomic E-state index is -1.67. The smallest absolute Gasteiger partial charge is 0.274 e. The number of carbonyl (C=O) groups excluding carboxylic acids is 3. The lowest BCUT2D eigenvalue weighted by atomic mass is 10.0. The summed E-state index contributed by atoms with van der Waals surface area (Å²) in [6.07, 6.45) is -3.03. The first-order valence-corrected chi connectivity index (χ1v) is 13.3. The van der Waals surface area contributed by atoms with E-state index in [2.05, 4.69) is 11.0 Å². The normalized spacial score (nSPS) is 13.4. The Hall–Kier alpha value is -2.87. The number of hydroxylamine groups is 2. The van der Waals surface area contributed by atoms with Crippen molar-refractivity contribution >= 4 is 29.1 Å². The Labute approximate surface area is 226 Å². The van der Waals surface area contributed by atoms with E-state index in [4.69, 9.17) is 9.68 Å². The van der Waals surface area contributed by atoms with Crippen molar-refractivity contribution in [2.24, 2.45) is 0 Å². The van der Waals surface area contributed by atoms with Crippen LogP contribution in [0.4, 0.5) is 0 Å². The van der Waals surface area contributed by atoms with Gasteiger partial charge in [-0.05, 0) is 55.0 Å². The molecule has 0 aliphatic rings. The third-order valence-electron chi connectivity index (χ3n) is 5.42. The third-order valence-corrected chi connectivity index (χ3v) is 6.30. The first-order valence-electron chi connectivity index (χ1n) is 12.5. The Morgan fingerprint density at radius 2 is 1.55 bits per heavy atom. The lowest BCUT2D eigenvalue weighted by Crippen LogP contribution is -2.44. The maximum Gasteiger partial charge on any atom is 0.274 e. The van der Waals surface area contributed by atoms with Gasteiger partial charge in [0.15, 0.2) is 0 Å². The Kier molecular flexibility index (Phi) is 13.3. The minimum Gasteiger partial charge on any atom is -0.388 e. The maximum atomic E-state index is 12.9. The lowest BCUT2D eigenvalue weighted by Gasteiger charge is -2.23. The molecule has 1 aromatic carbocycles. The summed E-state index contributed by atoms with van der Waals surface area (Å²) in [6, 6.07) is 8.40. The van der Waals surface area contributed by atoms with E-state index in [1.54, 1.807) is 30.0 Å². The van der Waals surface area contributed by atoms with Crippen LogP contribution in [0.1, 0.15) is 57.8 Å². The van der Waals surface area contributed by atoms with Gasteiger partial charge in [-0.2, -0.15) is 0 Å². The van der Waals surface area contributed by atoms with Crippen molar-refractivity contribution in [2.45, 2.75) is 58.3 Å². The molecule has 0 radical (unpaired) electrons. The average molecular weight is 552 g/mol. The van der Waals surface area contributed by atoms with Gasteiger partial charge in [0, 0.05) is 29.1 Å². The fraction of sp³-hybridized carbons (Fsp3) is 0.500. The third kappa shape index (κ3) is 10.1. The number of aliphatic hydroxyl groups excluding tert-OH is 3. The van der Waals surface area contributed by atoms with Gasteiger partial charge in [-0.15, -0.1) is 11.3 Å². The molecule has 3 amide bonds. The maximum absolute atomic E-state index is 12.9. The largest absolute Gasteiger partial charge is 0.388 e. The second-order valence-corrected chi connectivity index (χ2v) is 9.87. The summed E-state index contributed by atoms with van der Waals surface area (Å²) in [5.74, 6) is -1.23. The van der Waals surface area contributed by atoms with Crippen molar-refractivity contribution in [3.05, 3.63) is 57.3 Å². The number of aryl methyl sites for hydroxylation is 1.